The maximum atomic E-state index is 12.3. The van der Waals surface area contributed by atoms with E-state index in [0.29, 0.717) is 23.3 Å². The van der Waals surface area contributed by atoms with Crippen molar-refractivity contribution in [2.45, 2.75) is 18.8 Å². The molecule has 0 spiro atoms. The second kappa shape index (κ2) is 11.8. The van der Waals surface area contributed by atoms with Gasteiger partial charge in [-0.25, -0.2) is 4.79 Å². The van der Waals surface area contributed by atoms with Gasteiger partial charge >= 0.3 is 13.2 Å². The molecule has 180 valence electrons. The smallest absolute Gasteiger partial charge is 0.464 e. The number of ether oxygens (including phenoxy) is 1. The molecule has 9 heteroatoms. The van der Waals surface area contributed by atoms with E-state index >= 15 is 0 Å². The summed E-state index contributed by atoms with van der Waals surface area (Å²) in [4.78, 5) is 16.5. The SMILES string of the molecule is N#CC(=Cc1cccc(CCOC(=O)NC(Cc2coc3ccccc23)B(O)O)c1)c1ccccn1. The van der Waals surface area contributed by atoms with E-state index in [4.69, 9.17) is 9.15 Å². The first-order valence-corrected chi connectivity index (χ1v) is 11.4. The lowest BCUT2D eigenvalue weighted by atomic mass is 9.76. The second-order valence-corrected chi connectivity index (χ2v) is 8.14. The van der Waals surface area contributed by atoms with Crippen LogP contribution in [0.15, 0.2) is 83.6 Å². The molecule has 0 aliphatic carbocycles. The lowest BCUT2D eigenvalue weighted by molar-refractivity contribution is 0.144. The summed E-state index contributed by atoms with van der Waals surface area (Å²) in [6.07, 6.45) is 4.79. The predicted octanol–water partition coefficient (Wildman–Crippen LogP) is 3.78. The molecule has 3 N–H and O–H groups in total. The minimum absolute atomic E-state index is 0.0905. The quantitative estimate of drug-likeness (QED) is 0.245. The van der Waals surface area contributed by atoms with E-state index in [9.17, 15) is 20.1 Å². The topological polar surface area (TPSA) is 129 Å². The number of nitriles is 1. The van der Waals surface area contributed by atoms with Crippen molar-refractivity contribution >= 4 is 35.8 Å². The van der Waals surface area contributed by atoms with Crippen LogP contribution >= 0.6 is 0 Å². The van der Waals surface area contributed by atoms with Gasteiger partial charge in [-0.1, -0.05) is 48.5 Å². The van der Waals surface area contributed by atoms with Gasteiger partial charge in [0.05, 0.1) is 30.1 Å². The van der Waals surface area contributed by atoms with Gasteiger partial charge in [0.1, 0.15) is 11.7 Å². The molecule has 4 aromatic rings. The number of nitrogens with zero attached hydrogens (tertiary/aromatic N) is 2. The highest BCUT2D eigenvalue weighted by Gasteiger charge is 2.27. The van der Waals surface area contributed by atoms with Gasteiger partial charge in [0.15, 0.2) is 0 Å². The van der Waals surface area contributed by atoms with Gasteiger partial charge in [0.2, 0.25) is 0 Å². The van der Waals surface area contributed by atoms with Crippen molar-refractivity contribution in [3.05, 3.63) is 102 Å². The Labute approximate surface area is 208 Å². The van der Waals surface area contributed by atoms with Gasteiger partial charge in [-0.05, 0) is 47.4 Å². The molecule has 0 aliphatic rings. The lowest BCUT2D eigenvalue weighted by Crippen LogP contribution is -2.48. The van der Waals surface area contributed by atoms with Crippen LogP contribution < -0.4 is 5.32 Å². The van der Waals surface area contributed by atoms with E-state index in [0.717, 1.165) is 22.1 Å². The van der Waals surface area contributed by atoms with Crippen molar-refractivity contribution in [2.24, 2.45) is 0 Å². The predicted molar refractivity (Wildman–Crippen MR) is 136 cm³/mol. The molecule has 8 nitrogen and oxygen atoms in total. The average Bonchev–Trinajstić information content (AvgIpc) is 3.30. The van der Waals surface area contributed by atoms with E-state index in [1.165, 1.54) is 0 Å². The van der Waals surface area contributed by atoms with Crippen molar-refractivity contribution < 1.29 is 24.0 Å². The van der Waals surface area contributed by atoms with E-state index in [-0.39, 0.29) is 13.0 Å². The summed E-state index contributed by atoms with van der Waals surface area (Å²) < 4.78 is 10.8. The third-order valence-corrected chi connectivity index (χ3v) is 5.61. The number of carbonyl (C=O) groups excluding carboxylic acids is 1. The van der Waals surface area contributed by atoms with E-state index < -0.39 is 19.2 Å². The molecule has 0 aliphatic heterocycles. The minimum atomic E-state index is -1.77. The highest BCUT2D eigenvalue weighted by Crippen LogP contribution is 2.22. The molecule has 36 heavy (non-hydrogen) atoms. The summed E-state index contributed by atoms with van der Waals surface area (Å²) >= 11 is 0. The summed E-state index contributed by atoms with van der Waals surface area (Å²) in [5.74, 6) is -0.969. The Morgan fingerprint density at radius 3 is 2.78 bits per heavy atom. The molecule has 0 radical (unpaired) electrons. The molecule has 2 aromatic carbocycles. The van der Waals surface area contributed by atoms with Gasteiger partial charge in [-0.2, -0.15) is 5.26 Å². The standard InChI is InChI=1S/C27H24BN3O5/c29-17-21(24-9-3-4-12-30-24)15-20-7-5-6-19(14-20)11-13-35-27(32)31-26(28(33)34)16-22-18-36-25-10-2-1-8-23(22)25/h1-10,12,14-15,18,26,33-34H,11,13,16H2,(H,31,32). The molecule has 0 fully saturated rings. The van der Waals surface area contributed by atoms with Crippen molar-refractivity contribution in [1.29, 1.82) is 5.26 Å². The van der Waals surface area contributed by atoms with E-state index in [2.05, 4.69) is 16.4 Å². The number of amides is 1. The van der Waals surface area contributed by atoms with Gasteiger partial charge in [0.25, 0.3) is 0 Å². The van der Waals surface area contributed by atoms with Crippen LogP contribution in [-0.2, 0) is 17.6 Å². The number of fused-ring (bicyclic) bond motifs is 1. The Balaban J connectivity index is 1.33. The fourth-order valence-corrected chi connectivity index (χ4v) is 3.80. The number of aromatic nitrogens is 1. The van der Waals surface area contributed by atoms with Crippen molar-refractivity contribution in [1.82, 2.24) is 10.3 Å². The molecule has 2 aromatic heterocycles. The van der Waals surface area contributed by atoms with Gasteiger partial charge in [-0.15, -0.1) is 0 Å². The first-order valence-electron chi connectivity index (χ1n) is 11.4. The maximum Gasteiger partial charge on any atom is 0.475 e. The fourth-order valence-electron chi connectivity index (χ4n) is 3.80. The molecule has 0 saturated heterocycles. The van der Waals surface area contributed by atoms with Crippen molar-refractivity contribution in [3.8, 4) is 6.07 Å². The van der Waals surface area contributed by atoms with Crippen LogP contribution in [0.4, 0.5) is 4.79 Å². The van der Waals surface area contributed by atoms with Crippen molar-refractivity contribution in [3.63, 3.8) is 0 Å². The molecule has 0 bridgehead atoms. The third-order valence-electron chi connectivity index (χ3n) is 5.61. The van der Waals surface area contributed by atoms with E-state index in [1.807, 2.05) is 54.6 Å². The van der Waals surface area contributed by atoms with E-state index in [1.54, 1.807) is 30.7 Å². The molecule has 4 rings (SSSR count). The van der Waals surface area contributed by atoms with Crippen LogP contribution in [0.1, 0.15) is 22.4 Å². The average molecular weight is 481 g/mol. The number of rotatable bonds is 9. The number of nitrogens with one attached hydrogen (secondary N) is 1. The Kier molecular flexibility index (Phi) is 8.14. The second-order valence-electron chi connectivity index (χ2n) is 8.14. The summed E-state index contributed by atoms with van der Waals surface area (Å²) in [6, 6.07) is 22.5. The highest BCUT2D eigenvalue weighted by molar-refractivity contribution is 6.43. The Hall–Kier alpha value is -4.39. The first kappa shape index (κ1) is 24.7. The number of para-hydroxylation sites is 1. The zero-order valence-electron chi connectivity index (χ0n) is 19.4. The van der Waals surface area contributed by atoms with Crippen LogP contribution in [0, 0.1) is 11.3 Å². The number of pyridine rings is 1. The number of hydrogen-bond donors (Lipinski definition) is 3. The zero-order chi connectivity index (χ0) is 25.3. The number of furan rings is 1. The lowest BCUT2D eigenvalue weighted by Gasteiger charge is -2.17. The molecule has 1 unspecified atom stereocenters. The Morgan fingerprint density at radius 1 is 1.17 bits per heavy atom. The maximum absolute atomic E-state index is 12.3. The van der Waals surface area contributed by atoms with Gasteiger partial charge in [-0.3, -0.25) is 4.98 Å². The van der Waals surface area contributed by atoms with Crippen molar-refractivity contribution in [2.75, 3.05) is 6.61 Å². The first-order chi connectivity index (χ1) is 17.5. The van der Waals surface area contributed by atoms with Crippen LogP contribution in [-0.4, -0.2) is 40.8 Å². The Bertz CT molecular complexity index is 1400. The van der Waals surface area contributed by atoms with Crippen LogP contribution in [0.25, 0.3) is 22.6 Å². The number of allylic oxidation sites excluding steroid dienone is 1. The summed E-state index contributed by atoms with van der Waals surface area (Å²) in [5, 5.41) is 32.4. The fraction of sp³-hybridized carbons (Fsp3) is 0.148. The number of carbonyl (C=O) groups is 1. The monoisotopic (exact) mass is 481 g/mol. The highest BCUT2D eigenvalue weighted by atomic mass is 16.5. The zero-order valence-corrected chi connectivity index (χ0v) is 19.4. The number of hydrogen-bond acceptors (Lipinski definition) is 7. The molecule has 0 saturated carbocycles. The summed E-state index contributed by atoms with van der Waals surface area (Å²) in [7, 11) is -1.77. The number of alkyl carbamates (subject to hydrolysis) is 1. The van der Waals surface area contributed by atoms with Crippen LogP contribution in [0.5, 0.6) is 0 Å². The summed E-state index contributed by atoms with van der Waals surface area (Å²) in [6.45, 7) is 0.0905. The molecular weight excluding hydrogens is 457 g/mol. The van der Waals surface area contributed by atoms with Gasteiger partial charge in [0, 0.05) is 18.0 Å². The molecule has 2 heterocycles. The minimum Gasteiger partial charge on any atom is -0.464 e. The van der Waals surface area contributed by atoms with Crippen LogP contribution in [0.3, 0.4) is 0 Å². The Morgan fingerprint density at radius 2 is 2.00 bits per heavy atom. The molecule has 1 amide bonds. The number of benzene rings is 2. The normalized spacial score (nSPS) is 12.1. The largest absolute Gasteiger partial charge is 0.475 e. The summed E-state index contributed by atoms with van der Waals surface area (Å²) in [5.41, 5.74) is 4.21. The third kappa shape index (κ3) is 6.39. The van der Waals surface area contributed by atoms with Crippen LogP contribution in [0.2, 0.25) is 0 Å². The molecular formula is C27H24BN3O5. The van der Waals surface area contributed by atoms with Gasteiger partial charge < -0.3 is 24.5 Å². The molecule has 1 atom stereocenters.